The largest absolute Gasteiger partial charge is 0.396 e. The van der Waals surface area contributed by atoms with Gasteiger partial charge in [-0.05, 0) is 56.5 Å². The average Bonchev–Trinajstić information content (AvgIpc) is 2.85. The van der Waals surface area contributed by atoms with Gasteiger partial charge in [0.2, 0.25) is 0 Å². The van der Waals surface area contributed by atoms with Gasteiger partial charge in [0.25, 0.3) is 5.91 Å². The molecule has 0 aliphatic rings. The van der Waals surface area contributed by atoms with Crippen molar-refractivity contribution in [1.29, 1.82) is 0 Å². The first-order valence-corrected chi connectivity index (χ1v) is 7.97. The number of aromatic nitrogens is 2. The Labute approximate surface area is 137 Å². The van der Waals surface area contributed by atoms with Crippen LogP contribution in [0.5, 0.6) is 0 Å². The third kappa shape index (κ3) is 4.20. The number of aliphatic hydroxyl groups excluding tert-OH is 1. The molecule has 1 amide bonds. The van der Waals surface area contributed by atoms with Gasteiger partial charge in [0.05, 0.1) is 11.4 Å². The summed E-state index contributed by atoms with van der Waals surface area (Å²) >= 11 is 0. The number of rotatable bonds is 6. The summed E-state index contributed by atoms with van der Waals surface area (Å²) in [6.07, 6.45) is 0.563. The molecule has 2 aromatic rings. The molecule has 5 heteroatoms. The summed E-state index contributed by atoms with van der Waals surface area (Å²) in [6.45, 7) is 8.10. The number of carbonyl (C=O) groups is 1. The number of aliphatic hydroxyl groups is 1. The summed E-state index contributed by atoms with van der Waals surface area (Å²) in [5.41, 5.74) is 3.57. The van der Waals surface area contributed by atoms with Crippen LogP contribution in [0.1, 0.15) is 42.0 Å². The molecule has 1 aromatic heterocycles. The molecular weight excluding hydrogens is 290 g/mol. The van der Waals surface area contributed by atoms with Crippen molar-refractivity contribution in [2.24, 2.45) is 5.92 Å². The molecule has 0 spiro atoms. The van der Waals surface area contributed by atoms with E-state index in [-0.39, 0.29) is 24.5 Å². The molecule has 0 aliphatic carbocycles. The molecule has 5 nitrogen and oxygen atoms in total. The fraction of sp³-hybridized carbons (Fsp3) is 0.444. The maximum atomic E-state index is 12.3. The van der Waals surface area contributed by atoms with Gasteiger partial charge in [-0.25, -0.2) is 4.68 Å². The third-order valence-electron chi connectivity index (χ3n) is 3.94. The van der Waals surface area contributed by atoms with Crippen LogP contribution in [-0.2, 0) is 0 Å². The van der Waals surface area contributed by atoms with Crippen molar-refractivity contribution in [3.63, 3.8) is 0 Å². The molecule has 1 aromatic carbocycles. The number of benzene rings is 1. The lowest BCUT2D eigenvalue weighted by Gasteiger charge is -2.21. The fourth-order valence-corrected chi connectivity index (χ4v) is 2.61. The van der Waals surface area contributed by atoms with E-state index in [1.165, 1.54) is 0 Å². The summed E-state index contributed by atoms with van der Waals surface area (Å²) in [6, 6.07) is 9.39. The van der Waals surface area contributed by atoms with Crippen molar-refractivity contribution in [2.45, 2.75) is 40.2 Å². The van der Waals surface area contributed by atoms with E-state index in [9.17, 15) is 4.79 Å². The van der Waals surface area contributed by atoms with Crippen molar-refractivity contribution >= 4 is 5.91 Å². The Hall–Kier alpha value is -2.14. The second-order valence-electron chi connectivity index (χ2n) is 6.22. The molecule has 23 heavy (non-hydrogen) atoms. The van der Waals surface area contributed by atoms with Crippen molar-refractivity contribution in [1.82, 2.24) is 15.1 Å². The molecule has 1 atom stereocenters. The van der Waals surface area contributed by atoms with E-state index < -0.39 is 0 Å². The molecule has 1 unspecified atom stereocenters. The fourth-order valence-electron chi connectivity index (χ4n) is 2.61. The van der Waals surface area contributed by atoms with Crippen molar-refractivity contribution in [2.75, 3.05) is 6.61 Å². The van der Waals surface area contributed by atoms with Gasteiger partial charge in [0, 0.05) is 23.9 Å². The number of nitrogens with one attached hydrogen (secondary N) is 1. The van der Waals surface area contributed by atoms with Crippen LogP contribution in [0.15, 0.2) is 30.3 Å². The summed E-state index contributed by atoms with van der Waals surface area (Å²) in [5, 5.41) is 16.5. The molecule has 0 saturated heterocycles. The quantitative estimate of drug-likeness (QED) is 0.861. The van der Waals surface area contributed by atoms with E-state index in [1.807, 2.05) is 50.6 Å². The minimum Gasteiger partial charge on any atom is -0.396 e. The molecular formula is C18H25N3O2. The highest BCUT2D eigenvalue weighted by Crippen LogP contribution is 2.14. The Bertz CT molecular complexity index is 659. The monoisotopic (exact) mass is 315 g/mol. The SMILES string of the molecule is Cc1cc(C)n(-c2ccc(C(=O)NC(CCO)C(C)C)cc2)n1. The molecule has 0 aliphatic heterocycles. The Morgan fingerprint density at radius 3 is 2.39 bits per heavy atom. The minimum absolute atomic E-state index is 0.0248. The highest BCUT2D eigenvalue weighted by atomic mass is 16.3. The van der Waals surface area contributed by atoms with Crippen LogP contribution in [0.2, 0.25) is 0 Å². The van der Waals surface area contributed by atoms with Gasteiger partial charge in [-0.2, -0.15) is 5.10 Å². The van der Waals surface area contributed by atoms with Gasteiger partial charge in [-0.15, -0.1) is 0 Å². The molecule has 0 fully saturated rings. The predicted molar refractivity (Wildman–Crippen MR) is 90.8 cm³/mol. The van der Waals surface area contributed by atoms with Crippen LogP contribution in [0.4, 0.5) is 0 Å². The van der Waals surface area contributed by atoms with E-state index in [0.717, 1.165) is 17.1 Å². The molecule has 0 radical (unpaired) electrons. The number of hydrogen-bond acceptors (Lipinski definition) is 3. The molecule has 2 N–H and O–H groups in total. The average molecular weight is 315 g/mol. The summed E-state index contributed by atoms with van der Waals surface area (Å²) < 4.78 is 1.86. The highest BCUT2D eigenvalue weighted by Gasteiger charge is 2.16. The number of carbonyl (C=O) groups excluding carboxylic acids is 1. The van der Waals surface area contributed by atoms with Gasteiger partial charge in [0.15, 0.2) is 0 Å². The number of hydrogen-bond donors (Lipinski definition) is 2. The summed E-state index contributed by atoms with van der Waals surface area (Å²) in [7, 11) is 0. The Balaban J connectivity index is 2.12. The Morgan fingerprint density at radius 2 is 1.91 bits per heavy atom. The molecule has 124 valence electrons. The summed E-state index contributed by atoms with van der Waals surface area (Å²) in [4.78, 5) is 12.3. The first kappa shape index (κ1) is 17.2. The minimum atomic E-state index is -0.114. The maximum Gasteiger partial charge on any atom is 0.251 e. The highest BCUT2D eigenvalue weighted by molar-refractivity contribution is 5.94. The van der Waals surface area contributed by atoms with Gasteiger partial charge >= 0.3 is 0 Å². The predicted octanol–water partition coefficient (Wildman–Crippen LogP) is 2.63. The van der Waals surface area contributed by atoms with Gasteiger partial charge in [0.1, 0.15) is 0 Å². The van der Waals surface area contributed by atoms with Crippen molar-refractivity contribution in [3.8, 4) is 5.69 Å². The summed E-state index contributed by atoms with van der Waals surface area (Å²) in [5.74, 6) is 0.164. The first-order valence-electron chi connectivity index (χ1n) is 7.97. The van der Waals surface area contributed by atoms with Crippen LogP contribution in [0, 0.1) is 19.8 Å². The second kappa shape index (κ2) is 7.42. The van der Waals surface area contributed by atoms with Gasteiger partial charge < -0.3 is 10.4 Å². The second-order valence-corrected chi connectivity index (χ2v) is 6.22. The van der Waals surface area contributed by atoms with E-state index in [1.54, 1.807) is 12.1 Å². The van der Waals surface area contributed by atoms with E-state index in [4.69, 9.17) is 5.11 Å². The number of aryl methyl sites for hydroxylation is 2. The third-order valence-corrected chi connectivity index (χ3v) is 3.94. The van der Waals surface area contributed by atoms with Gasteiger partial charge in [-0.3, -0.25) is 4.79 Å². The zero-order chi connectivity index (χ0) is 17.0. The van der Waals surface area contributed by atoms with Crippen molar-refractivity contribution < 1.29 is 9.90 Å². The lowest BCUT2D eigenvalue weighted by Crippen LogP contribution is -2.39. The normalized spacial score (nSPS) is 12.4. The van der Waals surface area contributed by atoms with Gasteiger partial charge in [-0.1, -0.05) is 13.8 Å². The molecule has 0 saturated carbocycles. The van der Waals surface area contributed by atoms with Crippen LogP contribution >= 0.6 is 0 Å². The van der Waals surface area contributed by atoms with Crippen LogP contribution < -0.4 is 5.32 Å². The first-order chi connectivity index (χ1) is 10.9. The maximum absolute atomic E-state index is 12.3. The molecule has 2 rings (SSSR count). The Morgan fingerprint density at radius 1 is 1.26 bits per heavy atom. The smallest absolute Gasteiger partial charge is 0.251 e. The topological polar surface area (TPSA) is 67.2 Å². The number of nitrogens with zero attached hydrogens (tertiary/aromatic N) is 2. The molecule has 1 heterocycles. The van der Waals surface area contributed by atoms with E-state index >= 15 is 0 Å². The Kier molecular flexibility index (Phi) is 5.55. The van der Waals surface area contributed by atoms with Crippen LogP contribution in [0.3, 0.4) is 0 Å². The lowest BCUT2D eigenvalue weighted by atomic mass is 10.0. The van der Waals surface area contributed by atoms with Crippen LogP contribution in [0.25, 0.3) is 5.69 Å². The van der Waals surface area contributed by atoms with E-state index in [2.05, 4.69) is 10.4 Å². The van der Waals surface area contributed by atoms with Crippen molar-refractivity contribution in [3.05, 3.63) is 47.3 Å². The van der Waals surface area contributed by atoms with Crippen LogP contribution in [-0.4, -0.2) is 33.4 Å². The number of amides is 1. The molecule has 0 bridgehead atoms. The standard InChI is InChI=1S/C18H25N3O2/c1-12(2)17(9-10-22)19-18(23)15-5-7-16(8-6-15)21-14(4)11-13(3)20-21/h5-8,11-12,17,22H,9-10H2,1-4H3,(H,19,23). The zero-order valence-corrected chi connectivity index (χ0v) is 14.2. The zero-order valence-electron chi connectivity index (χ0n) is 14.2. The lowest BCUT2D eigenvalue weighted by molar-refractivity contribution is 0.0916. The van der Waals surface area contributed by atoms with E-state index in [0.29, 0.717) is 12.0 Å².